The van der Waals surface area contributed by atoms with Crippen LogP contribution in [-0.2, 0) is 20.9 Å². The normalized spacial score (nSPS) is 20.4. The highest BCUT2D eigenvalue weighted by Gasteiger charge is 2.32. The van der Waals surface area contributed by atoms with Crippen LogP contribution < -0.4 is 14.8 Å². The van der Waals surface area contributed by atoms with E-state index in [2.05, 4.69) is 5.32 Å². The fraction of sp³-hybridized carbons (Fsp3) is 0.417. The minimum absolute atomic E-state index is 0.0277. The number of nitrogens with zero attached hydrogens (tertiary/aromatic N) is 1. The van der Waals surface area contributed by atoms with Crippen molar-refractivity contribution in [2.75, 3.05) is 26.8 Å². The highest BCUT2D eigenvalue weighted by atomic mass is 19.1. The molecule has 2 saturated heterocycles. The van der Waals surface area contributed by atoms with Crippen LogP contribution in [0.5, 0.6) is 11.5 Å². The van der Waals surface area contributed by atoms with E-state index in [4.69, 9.17) is 14.2 Å². The van der Waals surface area contributed by atoms with Gasteiger partial charge in [0.25, 0.3) is 0 Å². The van der Waals surface area contributed by atoms with Gasteiger partial charge in [0, 0.05) is 31.8 Å². The number of carbonyl (C=O) groups is 2. The van der Waals surface area contributed by atoms with Crippen LogP contribution in [0.15, 0.2) is 42.5 Å². The minimum Gasteiger partial charge on any atom is -0.493 e. The first kappa shape index (κ1) is 22.1. The van der Waals surface area contributed by atoms with Crippen LogP contribution in [0.3, 0.4) is 0 Å². The van der Waals surface area contributed by atoms with E-state index in [1.165, 1.54) is 12.1 Å². The fourth-order valence-corrected chi connectivity index (χ4v) is 4.05. The van der Waals surface area contributed by atoms with Crippen LogP contribution >= 0.6 is 0 Å². The standard InChI is InChI=1S/C24H27FN2O5/c1-30-20-8-7-17(11-21(20)32-24-6-3-9-31-24)18-12-23(29)27(14-18)15-22(28)26-13-16-4-2-5-19(25)10-16/h2,4-5,7-8,10-11,18,24H,3,6,9,12-15H2,1H3,(H,26,28)/t18-,24?/m1/s1. The van der Waals surface area contributed by atoms with Crippen molar-refractivity contribution in [3.8, 4) is 11.5 Å². The molecule has 0 bridgehead atoms. The van der Waals surface area contributed by atoms with Crippen molar-refractivity contribution in [2.45, 2.75) is 38.0 Å². The zero-order chi connectivity index (χ0) is 22.5. The van der Waals surface area contributed by atoms with Crippen molar-refractivity contribution in [1.29, 1.82) is 0 Å². The van der Waals surface area contributed by atoms with Gasteiger partial charge in [-0.05, 0) is 41.8 Å². The summed E-state index contributed by atoms with van der Waals surface area (Å²) in [7, 11) is 1.58. The second kappa shape index (κ2) is 9.99. The molecule has 2 heterocycles. The van der Waals surface area contributed by atoms with Gasteiger partial charge in [0.15, 0.2) is 17.8 Å². The van der Waals surface area contributed by atoms with Crippen LogP contribution in [-0.4, -0.2) is 49.8 Å². The SMILES string of the molecule is COc1ccc([C@@H]2CC(=O)N(CC(=O)NCc3cccc(F)c3)C2)cc1OC1CCCO1. The molecule has 0 aliphatic carbocycles. The number of hydrogen-bond acceptors (Lipinski definition) is 5. The topological polar surface area (TPSA) is 77.1 Å². The maximum atomic E-state index is 13.3. The molecule has 0 aromatic heterocycles. The number of nitrogens with one attached hydrogen (secondary N) is 1. The molecular weight excluding hydrogens is 415 g/mol. The second-order valence-electron chi connectivity index (χ2n) is 8.05. The highest BCUT2D eigenvalue weighted by molar-refractivity contribution is 5.86. The lowest BCUT2D eigenvalue weighted by Gasteiger charge is -2.19. The zero-order valence-electron chi connectivity index (χ0n) is 18.0. The first-order valence-corrected chi connectivity index (χ1v) is 10.8. The molecule has 7 nitrogen and oxygen atoms in total. The molecule has 4 rings (SSSR count). The monoisotopic (exact) mass is 442 g/mol. The molecule has 2 fully saturated rings. The molecule has 2 aliphatic heterocycles. The summed E-state index contributed by atoms with van der Waals surface area (Å²) in [6.07, 6.45) is 1.82. The van der Waals surface area contributed by atoms with Crippen molar-refractivity contribution in [3.05, 3.63) is 59.4 Å². The summed E-state index contributed by atoms with van der Waals surface area (Å²) in [5, 5.41) is 2.74. The van der Waals surface area contributed by atoms with E-state index >= 15 is 0 Å². The van der Waals surface area contributed by atoms with Crippen molar-refractivity contribution >= 4 is 11.8 Å². The smallest absolute Gasteiger partial charge is 0.239 e. The number of halogens is 1. The number of rotatable bonds is 8. The van der Waals surface area contributed by atoms with Crippen LogP contribution in [0.25, 0.3) is 0 Å². The van der Waals surface area contributed by atoms with Gasteiger partial charge >= 0.3 is 0 Å². The van der Waals surface area contributed by atoms with Crippen molar-refractivity contribution in [3.63, 3.8) is 0 Å². The lowest BCUT2D eigenvalue weighted by atomic mass is 9.98. The first-order valence-electron chi connectivity index (χ1n) is 10.8. The number of methoxy groups -OCH3 is 1. The quantitative estimate of drug-likeness (QED) is 0.680. The van der Waals surface area contributed by atoms with E-state index in [1.54, 1.807) is 24.1 Å². The summed E-state index contributed by atoms with van der Waals surface area (Å²) in [5.74, 6) is 0.458. The average molecular weight is 442 g/mol. The summed E-state index contributed by atoms with van der Waals surface area (Å²) < 4.78 is 30.2. The Labute approximate surface area is 186 Å². The van der Waals surface area contributed by atoms with Gasteiger partial charge < -0.3 is 24.4 Å². The van der Waals surface area contributed by atoms with Crippen LogP contribution in [0.2, 0.25) is 0 Å². The van der Waals surface area contributed by atoms with Gasteiger partial charge in [-0.15, -0.1) is 0 Å². The largest absolute Gasteiger partial charge is 0.493 e. The van der Waals surface area contributed by atoms with E-state index in [1.807, 2.05) is 18.2 Å². The van der Waals surface area contributed by atoms with Crippen LogP contribution in [0, 0.1) is 5.82 Å². The van der Waals surface area contributed by atoms with Crippen molar-refractivity contribution in [1.82, 2.24) is 10.2 Å². The van der Waals surface area contributed by atoms with Crippen molar-refractivity contribution in [2.24, 2.45) is 0 Å². The molecule has 0 radical (unpaired) electrons. The maximum Gasteiger partial charge on any atom is 0.239 e. The Morgan fingerprint density at radius 3 is 2.88 bits per heavy atom. The number of likely N-dealkylation sites (tertiary alicyclic amines) is 1. The molecule has 32 heavy (non-hydrogen) atoms. The molecule has 170 valence electrons. The number of ether oxygens (including phenoxy) is 3. The number of benzene rings is 2. The first-order chi connectivity index (χ1) is 15.5. The molecule has 2 aromatic carbocycles. The van der Waals surface area contributed by atoms with Gasteiger partial charge in [-0.2, -0.15) is 0 Å². The molecule has 2 aliphatic rings. The molecule has 2 aromatic rings. The Kier molecular flexibility index (Phi) is 6.90. The van der Waals surface area contributed by atoms with E-state index in [0.29, 0.717) is 36.6 Å². The predicted octanol–water partition coefficient (Wildman–Crippen LogP) is 2.98. The van der Waals surface area contributed by atoms with Gasteiger partial charge in [-0.1, -0.05) is 18.2 Å². The third kappa shape index (κ3) is 5.37. The molecule has 0 saturated carbocycles. The van der Waals surface area contributed by atoms with E-state index < -0.39 is 0 Å². The summed E-state index contributed by atoms with van der Waals surface area (Å²) in [5.41, 5.74) is 1.62. The maximum absolute atomic E-state index is 13.3. The van der Waals surface area contributed by atoms with Crippen LogP contribution in [0.1, 0.15) is 36.3 Å². The third-order valence-electron chi connectivity index (χ3n) is 5.73. The van der Waals surface area contributed by atoms with Gasteiger partial charge in [-0.3, -0.25) is 9.59 Å². The van der Waals surface area contributed by atoms with Gasteiger partial charge in [-0.25, -0.2) is 4.39 Å². The summed E-state index contributed by atoms with van der Waals surface area (Å²) in [6.45, 7) is 1.31. The van der Waals surface area contributed by atoms with Crippen molar-refractivity contribution < 1.29 is 28.2 Å². The molecule has 0 spiro atoms. The molecule has 2 atom stereocenters. The zero-order valence-corrected chi connectivity index (χ0v) is 18.0. The number of hydrogen-bond donors (Lipinski definition) is 1. The van der Waals surface area contributed by atoms with Gasteiger partial charge in [0.1, 0.15) is 5.82 Å². The predicted molar refractivity (Wildman–Crippen MR) is 115 cm³/mol. The molecule has 1 unspecified atom stereocenters. The Bertz CT molecular complexity index is 977. The van der Waals surface area contributed by atoms with E-state index in [0.717, 1.165) is 18.4 Å². The highest BCUT2D eigenvalue weighted by Crippen LogP contribution is 2.36. The summed E-state index contributed by atoms with van der Waals surface area (Å²) in [6, 6.07) is 11.7. The Balaban J connectivity index is 1.35. The van der Waals surface area contributed by atoms with Gasteiger partial charge in [0.05, 0.1) is 20.3 Å². The molecule has 2 amide bonds. The van der Waals surface area contributed by atoms with Gasteiger partial charge in [0.2, 0.25) is 11.8 Å². The Hall–Kier alpha value is -3.13. The molecule has 1 N–H and O–H groups in total. The summed E-state index contributed by atoms with van der Waals surface area (Å²) >= 11 is 0. The number of amides is 2. The Morgan fingerprint density at radius 1 is 1.25 bits per heavy atom. The van der Waals surface area contributed by atoms with E-state index in [-0.39, 0.29) is 42.9 Å². The lowest BCUT2D eigenvalue weighted by Crippen LogP contribution is -2.37. The summed E-state index contributed by atoms with van der Waals surface area (Å²) in [4.78, 5) is 26.4. The average Bonchev–Trinajstić information content (AvgIpc) is 3.42. The molecular formula is C24H27FN2O5. The third-order valence-corrected chi connectivity index (χ3v) is 5.73. The molecule has 8 heteroatoms. The Morgan fingerprint density at radius 2 is 2.12 bits per heavy atom. The van der Waals surface area contributed by atoms with Crippen LogP contribution in [0.4, 0.5) is 4.39 Å². The van der Waals surface area contributed by atoms with E-state index in [9.17, 15) is 14.0 Å². The second-order valence-corrected chi connectivity index (χ2v) is 8.05. The fourth-order valence-electron chi connectivity index (χ4n) is 4.05. The number of carbonyl (C=O) groups excluding carboxylic acids is 2. The lowest BCUT2D eigenvalue weighted by molar-refractivity contribution is -0.133. The minimum atomic E-state index is -0.350.